The molecule has 0 aromatic heterocycles. The highest BCUT2D eigenvalue weighted by molar-refractivity contribution is 6.79. The molecule has 0 rings (SSSR count). The van der Waals surface area contributed by atoms with Gasteiger partial charge >= 0.3 is 0 Å². The fraction of sp³-hybridized carbons (Fsp3) is 0.750. The molecule has 0 aliphatic carbocycles. The molecule has 0 aromatic carbocycles. The van der Waals surface area contributed by atoms with Crippen molar-refractivity contribution in [3.05, 3.63) is 12.3 Å². The summed E-state index contributed by atoms with van der Waals surface area (Å²) in [6, 6.07) is 1.18. The number of hydrogen-bond acceptors (Lipinski definition) is 2. The molecule has 0 aliphatic heterocycles. The van der Waals surface area contributed by atoms with Crippen molar-refractivity contribution in [2.45, 2.75) is 19.9 Å². The Morgan fingerprint density at radius 2 is 2.00 bits per heavy atom. The first-order valence-electron chi connectivity index (χ1n) is 4.19. The topological polar surface area (TPSA) is 15.3 Å². The minimum absolute atomic E-state index is 1.03. The third-order valence-electron chi connectivity index (χ3n) is 2.16. The van der Waals surface area contributed by atoms with Crippen molar-refractivity contribution in [2.75, 3.05) is 20.6 Å². The van der Waals surface area contributed by atoms with Gasteiger partial charge in [0.2, 0.25) is 8.40 Å². The molecule has 0 aromatic rings. The van der Waals surface area contributed by atoms with Crippen molar-refractivity contribution in [3.63, 3.8) is 0 Å². The van der Waals surface area contributed by atoms with E-state index in [-0.39, 0.29) is 0 Å². The molecule has 0 amide bonds. The van der Waals surface area contributed by atoms with E-state index >= 15 is 0 Å². The van der Waals surface area contributed by atoms with Gasteiger partial charge in [0, 0.05) is 0 Å². The Morgan fingerprint density at radius 1 is 1.45 bits per heavy atom. The van der Waals surface area contributed by atoms with E-state index in [0.717, 1.165) is 6.54 Å². The Morgan fingerprint density at radius 3 is 2.09 bits per heavy atom. The quantitative estimate of drug-likeness (QED) is 0.630. The van der Waals surface area contributed by atoms with E-state index in [2.05, 4.69) is 49.8 Å². The highest BCUT2D eigenvalue weighted by Gasteiger charge is 2.29. The maximum Gasteiger partial charge on any atom is 0.228 e. The van der Waals surface area contributed by atoms with E-state index in [1.165, 1.54) is 6.04 Å². The summed E-state index contributed by atoms with van der Waals surface area (Å²) in [5, 5.41) is 0. The van der Waals surface area contributed by atoms with E-state index in [4.69, 9.17) is 0 Å². The van der Waals surface area contributed by atoms with E-state index in [1.807, 2.05) is 0 Å². The fourth-order valence-electron chi connectivity index (χ4n) is 1.30. The van der Waals surface area contributed by atoms with Gasteiger partial charge in [0.1, 0.15) is 0 Å². The van der Waals surface area contributed by atoms with Crippen LogP contribution in [0.1, 0.15) is 13.8 Å². The van der Waals surface area contributed by atoms with Gasteiger partial charge in [-0.1, -0.05) is 19.5 Å². The maximum atomic E-state index is 3.90. The van der Waals surface area contributed by atoms with Gasteiger partial charge in [0.25, 0.3) is 0 Å². The first-order chi connectivity index (χ1) is 5.13. The number of nitrogens with zero attached hydrogens (tertiary/aromatic N) is 1. The Kier molecular flexibility index (Phi) is 4.64. The third-order valence-corrected chi connectivity index (χ3v) is 6.47. The standard InChI is InChI=1S/C8H20N2Si/c1-6-9-11(7-2,8-3)10(4)5/h7,9H,2,6,8H2,1,3-5H3. The molecule has 1 N–H and O–H groups in total. The Hall–Kier alpha value is -0.123. The van der Waals surface area contributed by atoms with Crippen molar-refractivity contribution in [1.82, 2.24) is 9.55 Å². The molecule has 0 aliphatic rings. The van der Waals surface area contributed by atoms with Crippen LogP contribution in [0.5, 0.6) is 0 Å². The molecule has 0 heterocycles. The lowest BCUT2D eigenvalue weighted by molar-refractivity contribution is 0.594. The van der Waals surface area contributed by atoms with Gasteiger partial charge in [-0.25, -0.2) is 0 Å². The predicted octanol–water partition coefficient (Wildman–Crippen LogP) is 1.34. The Bertz CT molecular complexity index is 125. The summed E-state index contributed by atoms with van der Waals surface area (Å²) < 4.78 is 2.30. The van der Waals surface area contributed by atoms with E-state index in [0.29, 0.717) is 0 Å². The smallest absolute Gasteiger partial charge is 0.228 e. The highest BCUT2D eigenvalue weighted by Crippen LogP contribution is 2.08. The average molecular weight is 172 g/mol. The molecule has 66 valence electrons. The van der Waals surface area contributed by atoms with Crippen molar-refractivity contribution in [3.8, 4) is 0 Å². The summed E-state index contributed by atoms with van der Waals surface area (Å²) in [5.41, 5.74) is 2.11. The molecule has 0 fully saturated rings. The zero-order chi connectivity index (χ0) is 8.91. The van der Waals surface area contributed by atoms with E-state index in [9.17, 15) is 0 Å². The summed E-state index contributed by atoms with van der Waals surface area (Å²) >= 11 is 0. The van der Waals surface area contributed by atoms with Crippen molar-refractivity contribution in [2.24, 2.45) is 0 Å². The zero-order valence-electron chi connectivity index (χ0n) is 8.15. The minimum Gasteiger partial charge on any atom is -0.322 e. The predicted molar refractivity (Wildman–Crippen MR) is 53.8 cm³/mol. The van der Waals surface area contributed by atoms with E-state index < -0.39 is 8.40 Å². The van der Waals surface area contributed by atoms with Gasteiger partial charge in [-0.05, 0) is 26.7 Å². The minimum atomic E-state index is -1.47. The van der Waals surface area contributed by atoms with Gasteiger partial charge in [-0.3, -0.25) is 0 Å². The number of nitrogens with one attached hydrogen (secondary N) is 1. The second-order valence-electron chi connectivity index (χ2n) is 2.91. The molecule has 0 bridgehead atoms. The third kappa shape index (κ3) is 2.43. The lowest BCUT2D eigenvalue weighted by atomic mass is 10.8. The number of hydrogen-bond donors (Lipinski definition) is 1. The van der Waals surface area contributed by atoms with Crippen molar-refractivity contribution < 1.29 is 0 Å². The summed E-state index contributed by atoms with van der Waals surface area (Å²) in [6.07, 6.45) is 0. The Labute approximate surface area is 71.5 Å². The van der Waals surface area contributed by atoms with Gasteiger partial charge in [0.05, 0.1) is 0 Å². The van der Waals surface area contributed by atoms with Crippen LogP contribution in [0.25, 0.3) is 0 Å². The molecule has 0 saturated carbocycles. The summed E-state index contributed by atoms with van der Waals surface area (Å²) in [6.45, 7) is 9.30. The lowest BCUT2D eigenvalue weighted by Crippen LogP contribution is -2.59. The fourth-order valence-corrected chi connectivity index (χ4v) is 3.91. The van der Waals surface area contributed by atoms with Crippen LogP contribution < -0.4 is 4.98 Å². The van der Waals surface area contributed by atoms with Crippen LogP contribution in [0, 0.1) is 0 Å². The zero-order valence-corrected chi connectivity index (χ0v) is 9.15. The van der Waals surface area contributed by atoms with Crippen LogP contribution in [0.15, 0.2) is 12.3 Å². The van der Waals surface area contributed by atoms with Crippen LogP contribution in [-0.2, 0) is 0 Å². The highest BCUT2D eigenvalue weighted by atomic mass is 28.3. The van der Waals surface area contributed by atoms with Gasteiger partial charge < -0.3 is 9.55 Å². The maximum absolute atomic E-state index is 3.90. The molecular weight excluding hydrogens is 152 g/mol. The molecule has 2 nitrogen and oxygen atoms in total. The summed E-state index contributed by atoms with van der Waals surface area (Å²) in [7, 11) is 2.78. The molecule has 0 saturated heterocycles. The molecule has 0 spiro atoms. The van der Waals surface area contributed by atoms with Crippen molar-refractivity contribution >= 4 is 8.40 Å². The van der Waals surface area contributed by atoms with Gasteiger partial charge in [-0.2, -0.15) is 0 Å². The summed E-state index contributed by atoms with van der Waals surface area (Å²) in [4.78, 5) is 3.54. The second kappa shape index (κ2) is 4.69. The largest absolute Gasteiger partial charge is 0.322 e. The van der Waals surface area contributed by atoms with Crippen LogP contribution in [0.4, 0.5) is 0 Å². The van der Waals surface area contributed by atoms with Gasteiger partial charge in [-0.15, -0.1) is 6.58 Å². The molecule has 1 atom stereocenters. The SMILES string of the molecule is C=C[Si](CC)(NCC)N(C)C. The molecule has 11 heavy (non-hydrogen) atoms. The molecule has 0 radical (unpaired) electrons. The van der Waals surface area contributed by atoms with Crippen LogP contribution in [0.3, 0.4) is 0 Å². The Balaban J connectivity index is 4.32. The van der Waals surface area contributed by atoms with Crippen LogP contribution in [-0.4, -0.2) is 33.6 Å². The van der Waals surface area contributed by atoms with Crippen LogP contribution >= 0.6 is 0 Å². The van der Waals surface area contributed by atoms with Gasteiger partial charge in [0.15, 0.2) is 0 Å². The average Bonchev–Trinajstić information content (AvgIpc) is 2.00. The monoisotopic (exact) mass is 172 g/mol. The first kappa shape index (κ1) is 10.9. The first-order valence-corrected chi connectivity index (χ1v) is 6.42. The second-order valence-corrected chi connectivity index (χ2v) is 7.12. The van der Waals surface area contributed by atoms with E-state index in [1.54, 1.807) is 0 Å². The molecule has 3 heteroatoms. The molecular formula is C8H20N2Si. The normalized spacial score (nSPS) is 16.5. The van der Waals surface area contributed by atoms with Crippen molar-refractivity contribution in [1.29, 1.82) is 0 Å². The number of rotatable bonds is 5. The molecule has 1 unspecified atom stereocenters. The lowest BCUT2D eigenvalue weighted by Gasteiger charge is -2.33. The summed E-state index contributed by atoms with van der Waals surface area (Å²) in [5.74, 6) is 0. The van der Waals surface area contributed by atoms with Crippen LogP contribution in [0.2, 0.25) is 6.04 Å².